The van der Waals surface area contributed by atoms with E-state index >= 15 is 0 Å². The van der Waals surface area contributed by atoms with Crippen LogP contribution in [0.25, 0.3) is 0 Å². The fourth-order valence-corrected chi connectivity index (χ4v) is 2.35. The number of aldehydes is 2. The monoisotopic (exact) mass is 284 g/mol. The second-order valence-corrected chi connectivity index (χ2v) is 5.08. The predicted molar refractivity (Wildman–Crippen MR) is 82.6 cm³/mol. The molecule has 1 aromatic rings. The van der Waals surface area contributed by atoms with Crippen molar-refractivity contribution in [2.75, 3.05) is 32.7 Å². The Labute approximate surface area is 125 Å². The van der Waals surface area contributed by atoms with E-state index in [1.807, 2.05) is 0 Å². The van der Waals surface area contributed by atoms with Gasteiger partial charge in [0.25, 0.3) is 0 Å². The summed E-state index contributed by atoms with van der Waals surface area (Å²) in [6.45, 7) is 5.46. The molecule has 0 spiro atoms. The van der Waals surface area contributed by atoms with E-state index in [4.69, 9.17) is 0 Å². The summed E-state index contributed by atoms with van der Waals surface area (Å²) >= 11 is 0. The minimum atomic E-state index is 0.401. The van der Waals surface area contributed by atoms with E-state index in [9.17, 15) is 9.59 Å². The molecule has 4 nitrogen and oxygen atoms in total. The largest absolute Gasteiger partial charge is 0.314 e. The fourth-order valence-electron chi connectivity index (χ4n) is 2.35. The highest BCUT2D eigenvalue weighted by Gasteiger charge is 2.07. The lowest BCUT2D eigenvalue weighted by Gasteiger charge is -2.26. The maximum atomic E-state index is 10.9. The van der Waals surface area contributed by atoms with Crippen molar-refractivity contribution in [3.8, 4) is 11.8 Å². The Morgan fingerprint density at radius 1 is 1.14 bits per heavy atom. The summed E-state index contributed by atoms with van der Waals surface area (Å²) in [5.41, 5.74) is 1.59. The number of carbonyl (C=O) groups excluding carboxylic acids is 2. The van der Waals surface area contributed by atoms with Crippen LogP contribution in [-0.2, 0) is 0 Å². The minimum absolute atomic E-state index is 0.401. The van der Waals surface area contributed by atoms with Crippen molar-refractivity contribution in [3.63, 3.8) is 0 Å². The number of rotatable bonds is 5. The molecular formula is C17H20N2O2. The molecule has 2 rings (SSSR count). The van der Waals surface area contributed by atoms with Gasteiger partial charge >= 0.3 is 0 Å². The van der Waals surface area contributed by atoms with E-state index in [1.54, 1.807) is 18.2 Å². The maximum absolute atomic E-state index is 10.9. The molecule has 110 valence electrons. The summed E-state index contributed by atoms with van der Waals surface area (Å²) < 4.78 is 0. The zero-order valence-electron chi connectivity index (χ0n) is 12.1. The number of nitrogens with one attached hydrogen (secondary N) is 1. The van der Waals surface area contributed by atoms with Gasteiger partial charge in [0.15, 0.2) is 12.6 Å². The maximum Gasteiger partial charge on any atom is 0.150 e. The van der Waals surface area contributed by atoms with Crippen LogP contribution in [0.15, 0.2) is 18.2 Å². The van der Waals surface area contributed by atoms with Crippen LogP contribution in [0.3, 0.4) is 0 Å². The van der Waals surface area contributed by atoms with Gasteiger partial charge in [-0.25, -0.2) is 0 Å². The Bertz CT molecular complexity index is 552. The molecule has 1 N–H and O–H groups in total. The number of unbranched alkanes of at least 4 members (excludes halogenated alkanes) is 1. The van der Waals surface area contributed by atoms with Crippen LogP contribution >= 0.6 is 0 Å². The molecule has 1 aromatic carbocycles. The van der Waals surface area contributed by atoms with Crippen LogP contribution < -0.4 is 5.32 Å². The minimum Gasteiger partial charge on any atom is -0.314 e. The summed E-state index contributed by atoms with van der Waals surface area (Å²) in [7, 11) is 0. The predicted octanol–water partition coefficient (Wildman–Crippen LogP) is 1.35. The molecule has 0 unspecified atom stereocenters. The Kier molecular flexibility index (Phi) is 6.14. The highest BCUT2D eigenvalue weighted by atomic mass is 16.1. The number of piperazine rings is 1. The van der Waals surface area contributed by atoms with Gasteiger partial charge in [-0.05, 0) is 31.2 Å². The molecule has 0 aromatic heterocycles. The zero-order chi connectivity index (χ0) is 14.9. The van der Waals surface area contributed by atoms with Crippen molar-refractivity contribution in [1.29, 1.82) is 0 Å². The summed E-state index contributed by atoms with van der Waals surface area (Å²) in [6.07, 6.45) is 3.28. The third-order valence-corrected chi connectivity index (χ3v) is 3.56. The van der Waals surface area contributed by atoms with E-state index in [0.717, 1.165) is 51.1 Å². The van der Waals surface area contributed by atoms with E-state index in [2.05, 4.69) is 22.1 Å². The van der Waals surface area contributed by atoms with Gasteiger partial charge in [-0.2, -0.15) is 0 Å². The Balaban J connectivity index is 1.82. The molecular weight excluding hydrogens is 264 g/mol. The normalized spacial score (nSPS) is 15.0. The van der Waals surface area contributed by atoms with Crippen molar-refractivity contribution in [2.24, 2.45) is 0 Å². The molecule has 4 heteroatoms. The van der Waals surface area contributed by atoms with Gasteiger partial charge in [0.05, 0.1) is 0 Å². The summed E-state index contributed by atoms with van der Waals surface area (Å²) in [5.74, 6) is 6.19. The van der Waals surface area contributed by atoms with Crippen LogP contribution in [0, 0.1) is 11.8 Å². The van der Waals surface area contributed by atoms with Gasteiger partial charge in [-0.15, -0.1) is 0 Å². The quantitative estimate of drug-likeness (QED) is 0.504. The Morgan fingerprint density at radius 2 is 1.90 bits per heavy atom. The molecule has 0 bridgehead atoms. The smallest absolute Gasteiger partial charge is 0.150 e. The molecule has 0 atom stereocenters. The second kappa shape index (κ2) is 8.35. The molecule has 1 aliphatic rings. The number of carbonyl (C=O) groups is 2. The fraction of sp³-hybridized carbons (Fsp3) is 0.412. The van der Waals surface area contributed by atoms with Crippen molar-refractivity contribution < 1.29 is 9.59 Å². The summed E-state index contributed by atoms with van der Waals surface area (Å²) in [6, 6.07) is 5.08. The van der Waals surface area contributed by atoms with Crippen LogP contribution in [-0.4, -0.2) is 50.2 Å². The molecule has 1 fully saturated rings. The van der Waals surface area contributed by atoms with Gasteiger partial charge < -0.3 is 10.2 Å². The standard InChI is InChI=1S/C17H20N2O2/c20-13-16-6-5-15(12-17(16)14-21)4-2-1-3-9-19-10-7-18-8-11-19/h5-6,12-14,18H,1,3,7-11H2. The van der Waals surface area contributed by atoms with Crippen molar-refractivity contribution in [3.05, 3.63) is 34.9 Å². The molecule has 0 saturated carbocycles. The first-order valence-electron chi connectivity index (χ1n) is 7.30. The molecule has 21 heavy (non-hydrogen) atoms. The van der Waals surface area contributed by atoms with E-state index < -0.39 is 0 Å². The van der Waals surface area contributed by atoms with Gasteiger partial charge in [0.1, 0.15) is 0 Å². The van der Waals surface area contributed by atoms with Crippen LogP contribution in [0.2, 0.25) is 0 Å². The number of nitrogens with zero attached hydrogens (tertiary/aromatic N) is 1. The van der Waals surface area contributed by atoms with Crippen molar-refractivity contribution in [2.45, 2.75) is 12.8 Å². The third-order valence-electron chi connectivity index (χ3n) is 3.56. The topological polar surface area (TPSA) is 49.4 Å². The van der Waals surface area contributed by atoms with Gasteiger partial charge in [-0.3, -0.25) is 9.59 Å². The first kappa shape index (κ1) is 15.4. The average Bonchev–Trinajstić information content (AvgIpc) is 2.55. The summed E-state index contributed by atoms with van der Waals surface area (Å²) in [5, 5.41) is 3.33. The number of hydrogen-bond acceptors (Lipinski definition) is 4. The first-order valence-corrected chi connectivity index (χ1v) is 7.30. The van der Waals surface area contributed by atoms with E-state index in [0.29, 0.717) is 23.7 Å². The van der Waals surface area contributed by atoms with Crippen LogP contribution in [0.1, 0.15) is 39.1 Å². The van der Waals surface area contributed by atoms with Crippen molar-refractivity contribution in [1.82, 2.24) is 10.2 Å². The van der Waals surface area contributed by atoms with Gasteiger partial charge in [0.2, 0.25) is 0 Å². The van der Waals surface area contributed by atoms with Crippen molar-refractivity contribution >= 4 is 12.6 Å². The van der Waals surface area contributed by atoms with Crippen LogP contribution in [0.5, 0.6) is 0 Å². The first-order chi connectivity index (χ1) is 10.3. The van der Waals surface area contributed by atoms with E-state index in [-0.39, 0.29) is 0 Å². The average molecular weight is 284 g/mol. The SMILES string of the molecule is O=Cc1ccc(C#CCCCN2CCNCC2)cc1C=O. The molecule has 1 saturated heterocycles. The molecule has 1 aliphatic heterocycles. The lowest BCUT2D eigenvalue weighted by atomic mass is 10.1. The molecule has 0 radical (unpaired) electrons. The molecule has 0 aliphatic carbocycles. The third kappa shape index (κ3) is 4.82. The summed E-state index contributed by atoms with van der Waals surface area (Å²) in [4.78, 5) is 24.1. The zero-order valence-corrected chi connectivity index (χ0v) is 12.1. The molecule has 0 amide bonds. The second-order valence-electron chi connectivity index (χ2n) is 5.08. The number of benzene rings is 1. The lowest BCUT2D eigenvalue weighted by Crippen LogP contribution is -2.43. The van der Waals surface area contributed by atoms with Gasteiger partial charge in [-0.1, -0.05) is 11.8 Å². The van der Waals surface area contributed by atoms with Gasteiger partial charge in [0, 0.05) is 49.3 Å². The lowest BCUT2D eigenvalue weighted by molar-refractivity contribution is 0.109. The number of hydrogen-bond donors (Lipinski definition) is 1. The highest BCUT2D eigenvalue weighted by Crippen LogP contribution is 2.07. The van der Waals surface area contributed by atoms with Crippen LogP contribution in [0.4, 0.5) is 0 Å². The highest BCUT2D eigenvalue weighted by molar-refractivity contribution is 5.90. The Morgan fingerprint density at radius 3 is 2.62 bits per heavy atom. The Hall–Kier alpha value is -1.96. The van der Waals surface area contributed by atoms with E-state index in [1.165, 1.54) is 0 Å². The molecule has 1 heterocycles.